The number of hydrogen-bond donors (Lipinski definition) is 8. The van der Waals surface area contributed by atoms with E-state index >= 15 is 9.59 Å². The molecular weight excluding hydrogens is 1330 g/mol. The molecule has 0 aromatic heterocycles. The molecule has 2 saturated carbocycles. The van der Waals surface area contributed by atoms with Crippen molar-refractivity contribution < 1.29 is 123 Å². The second-order valence-electron chi connectivity index (χ2n) is 20.7. The van der Waals surface area contributed by atoms with Crippen LogP contribution in [0.15, 0.2) is 102 Å². The van der Waals surface area contributed by atoms with Crippen molar-refractivity contribution in [3.05, 3.63) is 119 Å². The number of esters is 5. The van der Waals surface area contributed by atoms with Crippen LogP contribution in [-0.2, 0) is 87.8 Å². The Morgan fingerprint density at radius 3 is 1.69 bits per heavy atom. The molecule has 3 aliphatic carbocycles. The van der Waals surface area contributed by atoms with Crippen molar-refractivity contribution in [1.82, 2.24) is 17.6 Å². The molecule has 0 unspecified atom stereocenters. The summed E-state index contributed by atoms with van der Waals surface area (Å²) >= 11 is 0. The molecule has 3 aromatic rings. The summed E-state index contributed by atoms with van der Waals surface area (Å²) in [6.07, 6.45) is -11.9. The Morgan fingerprint density at radius 2 is 1.21 bits per heavy atom. The molecule has 3 fully saturated rings. The van der Waals surface area contributed by atoms with E-state index in [-0.39, 0.29) is 125 Å². The zero-order valence-corrected chi connectivity index (χ0v) is 50.9. The quantitative estimate of drug-likeness (QED) is 0.0385. The van der Waals surface area contributed by atoms with Gasteiger partial charge in [-0.15, -0.1) is 24.8 Å². The number of Topliss-reactive ketones (excluding diaryl/α,β-unsaturated/α-hetero) is 1. The van der Waals surface area contributed by atoms with Gasteiger partial charge < -0.3 is 71.6 Å². The van der Waals surface area contributed by atoms with Gasteiger partial charge in [-0.1, -0.05) is 80.6 Å². The maximum Gasteiger partial charge on any atom is 0.350 e. The van der Waals surface area contributed by atoms with Crippen LogP contribution in [0.1, 0.15) is 125 Å². The van der Waals surface area contributed by atoms with Crippen LogP contribution < -0.4 is 17.6 Å². The molecule has 12 N–H and O–H groups in total. The molecule has 1 amide bonds. The van der Waals surface area contributed by atoms with Gasteiger partial charge in [-0.05, 0) is 67.7 Å². The Hall–Kier alpha value is -6.63. The predicted octanol–water partition coefficient (Wildman–Crippen LogP) is 6.03. The average molecular weight is 1400 g/mol. The zero-order chi connectivity index (χ0) is 58.2. The Balaban J connectivity index is 0.00000232. The molecule has 7 rings (SSSR count). The third kappa shape index (κ3) is 16.2. The SMILES string of the molecule is CC(=O)O[C@H]1C(=O)[C@@]2(C)[C@H]([C@H](OC(=O)c3ccccc3)[C@]3(O)C[C@H](OC(=O)[C@@H](OC(=O)CCCC(=O)O)[C@H](NC(=O)c4ccccc4)c4ccccc4)C(C)=C1C3(C)C)[C@]1(OC(C)=O)CO[C@@H]1C[C@@H]2O.Cl.Cl.N.N.O=C(O)CCCC(=O)O.[Pt]. The third-order valence-corrected chi connectivity index (χ3v) is 15.3. The minimum Gasteiger partial charge on any atom is -0.481 e. The first kappa shape index (κ1) is 75.4. The Bertz CT molecular complexity index is 2850. The molecule has 27 heteroatoms. The van der Waals surface area contributed by atoms with E-state index in [2.05, 4.69) is 5.32 Å². The van der Waals surface area contributed by atoms with Crippen LogP contribution in [0.5, 0.6) is 0 Å². The molecule has 2 bridgehead atoms. The van der Waals surface area contributed by atoms with Crippen molar-refractivity contribution in [3.63, 3.8) is 0 Å². The van der Waals surface area contributed by atoms with E-state index in [0.29, 0.717) is 0 Å². The van der Waals surface area contributed by atoms with Crippen LogP contribution in [-0.4, -0.2) is 139 Å². The Morgan fingerprint density at radius 1 is 0.714 bits per heavy atom. The van der Waals surface area contributed by atoms with Gasteiger partial charge >= 0.3 is 47.8 Å². The second-order valence-corrected chi connectivity index (χ2v) is 20.7. The summed E-state index contributed by atoms with van der Waals surface area (Å²) in [7, 11) is 0. The summed E-state index contributed by atoms with van der Waals surface area (Å²) in [6.45, 7) is 7.73. The maximum atomic E-state index is 15.7. The Labute approximate surface area is 511 Å². The summed E-state index contributed by atoms with van der Waals surface area (Å²) in [5.74, 6) is -11.3. The van der Waals surface area contributed by atoms with Crippen LogP contribution in [0.3, 0.4) is 0 Å². The number of carbonyl (C=O) groups is 10. The zero-order valence-electron chi connectivity index (χ0n) is 47.0. The number of aliphatic hydroxyl groups excluding tert-OH is 1. The molecule has 466 valence electrons. The van der Waals surface area contributed by atoms with Crippen molar-refractivity contribution in [2.24, 2.45) is 16.7 Å². The average Bonchev–Trinajstić information content (AvgIpc) is 0.704. The number of aliphatic hydroxyl groups is 2. The number of ketones is 1. The molecule has 0 radical (unpaired) electrons. The molecule has 1 saturated heterocycles. The standard InChI is InChI=1S/C52H57NO17.C5H8O4.2ClH.2H3N.Pt/c1-28-34(67-48(63)42(68-38(59)24-16-23-37(57)58)40(31-17-10-7-11-18-31)53-46(61)32-19-12-8-13-20-32)26-52(64)45(69-47(62)33-21-14-9-15-22-33)43-50(6,35(56)25-36-51(43,27-65-36)70-30(3)55)44(60)41(66-29(2)54)39(28)49(52,4)5;6-4(7)2-1-3-5(8)9;;;;;/h7-15,17-22,34-36,40-43,45,56,64H,16,23-27H2,1-6H3,(H,53,61)(H,57,58);1-3H2,(H,6,7)(H,8,9);2*1H;2*1H3;/t34-,35-,36+,40+,41+,42-,43-,45-,50+,51-,52+;;;;;;/m0....../s1. The minimum absolute atomic E-state index is 0. The Kier molecular flexibility index (Phi) is 28.3. The second kappa shape index (κ2) is 31.5. The van der Waals surface area contributed by atoms with Crippen molar-refractivity contribution in [1.29, 1.82) is 0 Å². The number of benzene rings is 3. The van der Waals surface area contributed by atoms with Crippen LogP contribution >= 0.6 is 24.8 Å². The van der Waals surface area contributed by atoms with E-state index in [1.165, 1.54) is 52.0 Å². The van der Waals surface area contributed by atoms with Gasteiger partial charge in [0.05, 0.1) is 29.6 Å². The largest absolute Gasteiger partial charge is 0.481 e. The van der Waals surface area contributed by atoms with E-state index in [1.54, 1.807) is 66.7 Å². The number of carboxylic acid groups (broad SMARTS) is 3. The summed E-state index contributed by atoms with van der Waals surface area (Å²) in [5.41, 5.74) is -7.67. The molecule has 84 heavy (non-hydrogen) atoms. The first-order valence-corrected chi connectivity index (χ1v) is 25.6. The summed E-state index contributed by atoms with van der Waals surface area (Å²) in [4.78, 5) is 130. The van der Waals surface area contributed by atoms with E-state index in [9.17, 15) is 53.7 Å². The number of hydrogen-bond acceptors (Lipinski definition) is 20. The number of amides is 1. The van der Waals surface area contributed by atoms with Crippen LogP contribution in [0, 0.1) is 16.7 Å². The minimum atomic E-state index is -2.49. The van der Waals surface area contributed by atoms with Crippen molar-refractivity contribution >= 4 is 84.3 Å². The number of fused-ring (bicyclic) bond motifs is 5. The van der Waals surface area contributed by atoms with Gasteiger partial charge in [0.15, 0.2) is 17.5 Å². The number of halogens is 2. The molecule has 11 atom stereocenters. The normalized spacial score (nSPS) is 25.5. The topological polar surface area (TPSA) is 409 Å². The van der Waals surface area contributed by atoms with Crippen LogP contribution in [0.25, 0.3) is 0 Å². The number of rotatable bonds is 19. The van der Waals surface area contributed by atoms with Gasteiger partial charge in [-0.25, -0.2) is 9.59 Å². The van der Waals surface area contributed by atoms with Crippen molar-refractivity contribution in [2.45, 2.75) is 147 Å². The monoisotopic (exact) mass is 1400 g/mol. The van der Waals surface area contributed by atoms with Gasteiger partial charge in [0.25, 0.3) is 5.91 Å². The number of nitrogens with one attached hydrogen (secondary N) is 1. The molecule has 1 heterocycles. The van der Waals surface area contributed by atoms with E-state index in [0.717, 1.165) is 13.8 Å². The smallest absolute Gasteiger partial charge is 0.350 e. The predicted molar refractivity (Wildman–Crippen MR) is 297 cm³/mol. The van der Waals surface area contributed by atoms with E-state index in [1.807, 2.05) is 0 Å². The summed E-state index contributed by atoms with van der Waals surface area (Å²) < 4.78 is 36.5. The van der Waals surface area contributed by atoms with Gasteiger partial charge in [0.2, 0.25) is 6.10 Å². The van der Waals surface area contributed by atoms with Gasteiger partial charge in [0.1, 0.15) is 30.0 Å². The van der Waals surface area contributed by atoms with Gasteiger partial charge in [-0.2, -0.15) is 0 Å². The van der Waals surface area contributed by atoms with E-state index < -0.39 is 149 Å². The first-order valence-electron chi connectivity index (χ1n) is 25.6. The van der Waals surface area contributed by atoms with Gasteiger partial charge in [-0.3, -0.25) is 38.4 Å². The van der Waals surface area contributed by atoms with Crippen molar-refractivity contribution in [2.75, 3.05) is 6.61 Å². The summed E-state index contributed by atoms with van der Waals surface area (Å²) in [6, 6.07) is 22.3. The van der Waals surface area contributed by atoms with Crippen molar-refractivity contribution in [3.8, 4) is 0 Å². The van der Waals surface area contributed by atoms with E-state index in [4.69, 9.17) is 38.6 Å². The van der Waals surface area contributed by atoms with Crippen LogP contribution in [0.2, 0.25) is 0 Å². The molecular formula is C57H73Cl2N3O21Pt. The fraction of sp³-hybridized carbons (Fsp3) is 0.474. The maximum absolute atomic E-state index is 15.7. The molecule has 4 aliphatic rings. The fourth-order valence-corrected chi connectivity index (χ4v) is 11.3. The number of carbonyl (C=O) groups excluding carboxylic acids is 7. The molecule has 3 aromatic carbocycles. The molecule has 24 nitrogen and oxygen atoms in total. The number of carboxylic acids is 3. The molecule has 0 spiro atoms. The first-order chi connectivity index (χ1) is 37.2. The number of aliphatic carboxylic acids is 3. The fourth-order valence-electron chi connectivity index (χ4n) is 11.3. The number of ether oxygens (including phenoxy) is 6. The van der Waals surface area contributed by atoms with Crippen LogP contribution in [0.4, 0.5) is 0 Å². The molecule has 1 aliphatic heterocycles. The van der Waals surface area contributed by atoms with Gasteiger partial charge in [0, 0.05) is 84.4 Å². The summed E-state index contributed by atoms with van der Waals surface area (Å²) in [5, 5.41) is 54.2. The third-order valence-electron chi connectivity index (χ3n) is 15.3.